The fourth-order valence-electron chi connectivity index (χ4n) is 2.81. The molecule has 3 nitrogen and oxygen atoms in total. The van der Waals surface area contributed by atoms with Crippen molar-refractivity contribution in [3.8, 4) is 0 Å². The Kier molecular flexibility index (Phi) is 6.86. The van der Waals surface area contributed by atoms with Crippen LogP contribution in [-0.4, -0.2) is 11.9 Å². The SMILES string of the molecule is CCC1CCC(NC(=O)Cc2ccc(N)cc2)CC1.Cl. The van der Waals surface area contributed by atoms with Crippen LogP contribution < -0.4 is 11.1 Å². The van der Waals surface area contributed by atoms with Crippen molar-refractivity contribution in [3.63, 3.8) is 0 Å². The maximum Gasteiger partial charge on any atom is 0.224 e. The molecule has 1 aliphatic rings. The van der Waals surface area contributed by atoms with Crippen LogP contribution in [0.1, 0.15) is 44.6 Å². The summed E-state index contributed by atoms with van der Waals surface area (Å²) < 4.78 is 0. The topological polar surface area (TPSA) is 55.1 Å². The molecule has 0 radical (unpaired) electrons. The zero-order valence-corrected chi connectivity index (χ0v) is 12.9. The first kappa shape index (κ1) is 16.8. The van der Waals surface area contributed by atoms with Gasteiger partial charge in [-0.05, 0) is 49.3 Å². The Balaban J connectivity index is 0.00000200. The van der Waals surface area contributed by atoms with Crippen molar-refractivity contribution in [2.45, 2.75) is 51.5 Å². The van der Waals surface area contributed by atoms with Gasteiger partial charge in [0, 0.05) is 11.7 Å². The summed E-state index contributed by atoms with van der Waals surface area (Å²) >= 11 is 0. The third-order valence-electron chi connectivity index (χ3n) is 4.13. The van der Waals surface area contributed by atoms with Gasteiger partial charge >= 0.3 is 0 Å². The Morgan fingerprint density at radius 1 is 1.20 bits per heavy atom. The van der Waals surface area contributed by atoms with Gasteiger partial charge in [-0.3, -0.25) is 4.79 Å². The molecule has 112 valence electrons. The highest BCUT2D eigenvalue weighted by Gasteiger charge is 2.21. The highest BCUT2D eigenvalue weighted by Crippen LogP contribution is 2.26. The molecule has 0 saturated heterocycles. The minimum atomic E-state index is 0. The van der Waals surface area contributed by atoms with Gasteiger partial charge in [-0.1, -0.05) is 25.5 Å². The standard InChI is InChI=1S/C16H24N2O.ClH/c1-2-12-5-9-15(10-6-12)18-16(19)11-13-3-7-14(17)8-4-13;/h3-4,7-8,12,15H,2,5-6,9-11,17H2,1H3,(H,18,19);1H. The highest BCUT2D eigenvalue weighted by molar-refractivity contribution is 5.85. The summed E-state index contributed by atoms with van der Waals surface area (Å²) in [4.78, 5) is 12.0. The smallest absolute Gasteiger partial charge is 0.224 e. The van der Waals surface area contributed by atoms with E-state index >= 15 is 0 Å². The fourth-order valence-corrected chi connectivity index (χ4v) is 2.81. The van der Waals surface area contributed by atoms with Gasteiger partial charge in [-0.2, -0.15) is 0 Å². The minimum absolute atomic E-state index is 0. The van der Waals surface area contributed by atoms with Gasteiger partial charge in [0.1, 0.15) is 0 Å². The molecule has 1 saturated carbocycles. The average Bonchev–Trinajstić information content (AvgIpc) is 2.42. The number of carbonyl (C=O) groups is 1. The molecule has 20 heavy (non-hydrogen) atoms. The summed E-state index contributed by atoms with van der Waals surface area (Å²) in [7, 11) is 0. The zero-order chi connectivity index (χ0) is 13.7. The lowest BCUT2D eigenvalue weighted by molar-refractivity contribution is -0.121. The Morgan fingerprint density at radius 2 is 1.80 bits per heavy atom. The van der Waals surface area contributed by atoms with Crippen molar-refractivity contribution in [2.24, 2.45) is 5.92 Å². The molecule has 1 fully saturated rings. The van der Waals surface area contributed by atoms with Gasteiger partial charge in [-0.15, -0.1) is 12.4 Å². The molecule has 0 aromatic heterocycles. The third-order valence-corrected chi connectivity index (χ3v) is 4.13. The average molecular weight is 297 g/mol. The van der Waals surface area contributed by atoms with E-state index in [1.165, 1.54) is 19.3 Å². The first-order chi connectivity index (χ1) is 9.17. The van der Waals surface area contributed by atoms with Crippen LogP contribution in [0.2, 0.25) is 0 Å². The Bertz CT molecular complexity index is 411. The van der Waals surface area contributed by atoms with Crippen molar-refractivity contribution in [1.29, 1.82) is 0 Å². The van der Waals surface area contributed by atoms with E-state index in [0.717, 1.165) is 30.0 Å². The molecule has 0 spiro atoms. The van der Waals surface area contributed by atoms with E-state index in [2.05, 4.69) is 12.2 Å². The largest absolute Gasteiger partial charge is 0.399 e. The molecule has 1 aromatic rings. The molecule has 4 heteroatoms. The highest BCUT2D eigenvalue weighted by atomic mass is 35.5. The number of rotatable bonds is 4. The molecule has 3 N–H and O–H groups in total. The van der Waals surface area contributed by atoms with Gasteiger partial charge in [0.2, 0.25) is 5.91 Å². The molecule has 0 heterocycles. The Hall–Kier alpha value is -1.22. The van der Waals surface area contributed by atoms with E-state index in [9.17, 15) is 4.79 Å². The van der Waals surface area contributed by atoms with E-state index in [1.54, 1.807) is 0 Å². The summed E-state index contributed by atoms with van der Waals surface area (Å²) in [6, 6.07) is 7.90. The number of anilines is 1. The number of amides is 1. The number of nitrogen functional groups attached to an aromatic ring is 1. The molecule has 0 aliphatic heterocycles. The molecule has 1 aromatic carbocycles. The van der Waals surface area contributed by atoms with Crippen LogP contribution >= 0.6 is 12.4 Å². The number of halogens is 1. The predicted octanol–water partition coefficient (Wildman–Crippen LogP) is 3.32. The normalized spacial score (nSPS) is 21.9. The first-order valence-electron chi connectivity index (χ1n) is 7.31. The van der Waals surface area contributed by atoms with Crippen LogP contribution in [0.15, 0.2) is 24.3 Å². The van der Waals surface area contributed by atoms with E-state index < -0.39 is 0 Å². The van der Waals surface area contributed by atoms with Gasteiger partial charge in [0.15, 0.2) is 0 Å². The van der Waals surface area contributed by atoms with Crippen LogP contribution in [0.5, 0.6) is 0 Å². The van der Waals surface area contributed by atoms with Crippen LogP contribution in [0, 0.1) is 5.92 Å². The van der Waals surface area contributed by atoms with Gasteiger partial charge < -0.3 is 11.1 Å². The Morgan fingerprint density at radius 3 is 2.35 bits per heavy atom. The van der Waals surface area contributed by atoms with Crippen molar-refractivity contribution >= 4 is 24.0 Å². The summed E-state index contributed by atoms with van der Waals surface area (Å²) in [5, 5.41) is 3.16. The lowest BCUT2D eigenvalue weighted by atomic mass is 9.84. The van der Waals surface area contributed by atoms with Crippen LogP contribution in [0.25, 0.3) is 0 Å². The van der Waals surface area contributed by atoms with Crippen molar-refractivity contribution in [2.75, 3.05) is 5.73 Å². The van der Waals surface area contributed by atoms with E-state index in [-0.39, 0.29) is 18.3 Å². The third kappa shape index (κ3) is 5.04. The maximum absolute atomic E-state index is 12.0. The summed E-state index contributed by atoms with van der Waals surface area (Å²) in [5.41, 5.74) is 7.39. The maximum atomic E-state index is 12.0. The number of hydrogen-bond acceptors (Lipinski definition) is 2. The second-order valence-corrected chi connectivity index (χ2v) is 5.61. The molecule has 0 bridgehead atoms. The van der Waals surface area contributed by atoms with Gasteiger partial charge in [-0.25, -0.2) is 0 Å². The summed E-state index contributed by atoms with van der Waals surface area (Å²) in [6.45, 7) is 2.25. The van der Waals surface area contributed by atoms with Crippen molar-refractivity contribution in [3.05, 3.63) is 29.8 Å². The lowest BCUT2D eigenvalue weighted by Crippen LogP contribution is -2.38. The number of hydrogen-bond donors (Lipinski definition) is 2. The molecule has 0 atom stereocenters. The Labute approximate surface area is 127 Å². The van der Waals surface area contributed by atoms with E-state index in [1.807, 2.05) is 24.3 Å². The molecule has 2 rings (SSSR count). The lowest BCUT2D eigenvalue weighted by Gasteiger charge is -2.28. The van der Waals surface area contributed by atoms with E-state index in [4.69, 9.17) is 5.73 Å². The van der Waals surface area contributed by atoms with Gasteiger partial charge in [0.25, 0.3) is 0 Å². The zero-order valence-electron chi connectivity index (χ0n) is 12.1. The number of nitrogens with two attached hydrogens (primary N) is 1. The van der Waals surface area contributed by atoms with Crippen LogP contribution in [0.4, 0.5) is 5.69 Å². The van der Waals surface area contributed by atoms with Crippen molar-refractivity contribution < 1.29 is 4.79 Å². The molecular formula is C16H25ClN2O. The summed E-state index contributed by atoms with van der Waals surface area (Å²) in [5.74, 6) is 0.995. The second kappa shape index (κ2) is 8.15. The number of carbonyl (C=O) groups excluding carboxylic acids is 1. The molecule has 1 aliphatic carbocycles. The molecule has 1 amide bonds. The monoisotopic (exact) mass is 296 g/mol. The summed E-state index contributed by atoms with van der Waals surface area (Å²) in [6.07, 6.45) is 6.49. The second-order valence-electron chi connectivity index (χ2n) is 5.61. The molecule has 0 unspecified atom stereocenters. The van der Waals surface area contributed by atoms with Crippen LogP contribution in [-0.2, 0) is 11.2 Å². The van der Waals surface area contributed by atoms with E-state index in [0.29, 0.717) is 12.5 Å². The number of benzene rings is 1. The first-order valence-corrected chi connectivity index (χ1v) is 7.31. The predicted molar refractivity (Wildman–Crippen MR) is 86.0 cm³/mol. The van der Waals surface area contributed by atoms with Crippen molar-refractivity contribution in [1.82, 2.24) is 5.32 Å². The molecular weight excluding hydrogens is 272 g/mol. The minimum Gasteiger partial charge on any atom is -0.399 e. The quantitative estimate of drug-likeness (QED) is 0.838. The fraction of sp³-hybridized carbons (Fsp3) is 0.562. The number of nitrogens with one attached hydrogen (secondary N) is 1. The van der Waals surface area contributed by atoms with Gasteiger partial charge in [0.05, 0.1) is 6.42 Å². The van der Waals surface area contributed by atoms with Crippen LogP contribution in [0.3, 0.4) is 0 Å².